The highest BCUT2D eigenvalue weighted by molar-refractivity contribution is 5.49. The van der Waals surface area contributed by atoms with Crippen LogP contribution in [0, 0.1) is 17.5 Å². The minimum absolute atomic E-state index is 0.0573. The maximum Gasteiger partial charge on any atom is 0.355 e. The van der Waals surface area contributed by atoms with Crippen LogP contribution in [0.4, 0.5) is 25.1 Å². The highest BCUT2D eigenvalue weighted by Crippen LogP contribution is 2.62. The monoisotopic (exact) mass is 538 g/mol. The quantitative estimate of drug-likeness (QED) is 0.288. The Balaban J connectivity index is 1.33. The highest BCUT2D eigenvalue weighted by atomic mass is 19.2. The number of aromatic amines is 1. The van der Waals surface area contributed by atoms with Crippen LogP contribution < -0.4 is 27.6 Å². The van der Waals surface area contributed by atoms with Gasteiger partial charge in [-0.1, -0.05) is 6.07 Å². The molecule has 1 aromatic carbocycles. The smallest absolute Gasteiger partial charge is 0.350 e. The third-order valence-corrected chi connectivity index (χ3v) is 7.11. The summed E-state index contributed by atoms with van der Waals surface area (Å²) >= 11 is 0. The Hall–Kier alpha value is -4.75. The van der Waals surface area contributed by atoms with Crippen LogP contribution in [-0.2, 0) is 13.1 Å². The summed E-state index contributed by atoms with van der Waals surface area (Å²) < 4.78 is 43.2. The maximum atomic E-state index is 13.9. The molecule has 3 aromatic heterocycles. The van der Waals surface area contributed by atoms with Gasteiger partial charge in [0.1, 0.15) is 0 Å². The molecule has 0 spiro atoms. The molecule has 4 aromatic rings. The van der Waals surface area contributed by atoms with Gasteiger partial charge >= 0.3 is 11.4 Å². The second-order valence-electron chi connectivity index (χ2n) is 9.98. The van der Waals surface area contributed by atoms with Crippen molar-refractivity contribution in [3.05, 3.63) is 109 Å². The molecule has 3 N–H and O–H groups in total. The fourth-order valence-electron chi connectivity index (χ4n) is 5.43. The van der Waals surface area contributed by atoms with Crippen LogP contribution in [0.3, 0.4) is 0 Å². The van der Waals surface area contributed by atoms with E-state index in [0.29, 0.717) is 25.2 Å². The highest BCUT2D eigenvalue weighted by Gasteiger charge is 2.69. The van der Waals surface area contributed by atoms with Crippen molar-refractivity contribution in [3.63, 3.8) is 0 Å². The molecular weight excluding hydrogens is 517 g/mol. The van der Waals surface area contributed by atoms with Crippen LogP contribution in [0.2, 0.25) is 0 Å². The van der Waals surface area contributed by atoms with E-state index in [4.69, 9.17) is 0 Å². The SMILES string of the molecule is O=c1[nH]cccc1Cn1c(=O)nc(NC23CC(Nc4ncccn4)(C2)C3)n(Cc2cc(F)c(F)c(F)c2)c1=O. The number of halogens is 3. The number of rotatable bonds is 8. The van der Waals surface area contributed by atoms with E-state index in [9.17, 15) is 27.6 Å². The summed E-state index contributed by atoms with van der Waals surface area (Å²) in [7, 11) is 0. The summed E-state index contributed by atoms with van der Waals surface area (Å²) in [4.78, 5) is 53.5. The number of benzene rings is 1. The van der Waals surface area contributed by atoms with Crippen LogP contribution in [0.25, 0.3) is 0 Å². The zero-order chi connectivity index (χ0) is 27.4. The number of aromatic nitrogens is 6. The van der Waals surface area contributed by atoms with Crippen molar-refractivity contribution < 1.29 is 13.2 Å². The van der Waals surface area contributed by atoms with Crippen LogP contribution in [0.15, 0.2) is 63.3 Å². The Labute approximate surface area is 217 Å². The van der Waals surface area contributed by atoms with Gasteiger partial charge in [0.25, 0.3) is 5.56 Å². The Morgan fingerprint density at radius 1 is 0.897 bits per heavy atom. The first-order chi connectivity index (χ1) is 18.7. The lowest BCUT2D eigenvalue weighted by Crippen LogP contribution is -2.78. The third-order valence-electron chi connectivity index (χ3n) is 7.11. The van der Waals surface area contributed by atoms with Gasteiger partial charge in [0.2, 0.25) is 11.9 Å². The van der Waals surface area contributed by atoms with Crippen LogP contribution in [0.5, 0.6) is 0 Å². The van der Waals surface area contributed by atoms with Gasteiger partial charge in [-0.2, -0.15) is 4.98 Å². The Bertz CT molecular complexity index is 1730. The minimum Gasteiger partial charge on any atom is -0.350 e. The topological polar surface area (TPSA) is 140 Å². The number of nitrogens with one attached hydrogen (secondary N) is 3. The summed E-state index contributed by atoms with van der Waals surface area (Å²) in [5.74, 6) is -4.08. The summed E-state index contributed by atoms with van der Waals surface area (Å²) in [5, 5.41) is 6.47. The van der Waals surface area contributed by atoms with E-state index >= 15 is 0 Å². The van der Waals surface area contributed by atoms with Crippen molar-refractivity contribution in [2.45, 2.75) is 43.4 Å². The van der Waals surface area contributed by atoms with Crippen molar-refractivity contribution in [1.82, 2.24) is 29.1 Å². The first kappa shape index (κ1) is 24.6. The van der Waals surface area contributed by atoms with Gasteiger partial charge < -0.3 is 15.6 Å². The number of nitrogens with zero attached hydrogens (tertiary/aromatic N) is 5. The lowest BCUT2D eigenvalue weighted by atomic mass is 9.44. The molecule has 14 heteroatoms. The number of H-pyrrole nitrogens is 1. The number of hydrogen-bond donors (Lipinski definition) is 3. The van der Waals surface area contributed by atoms with Gasteiger partial charge in [-0.15, -0.1) is 0 Å². The van der Waals surface area contributed by atoms with Crippen molar-refractivity contribution in [3.8, 4) is 0 Å². The minimum atomic E-state index is -1.63. The molecule has 3 aliphatic rings. The molecule has 0 aliphatic heterocycles. The van der Waals surface area contributed by atoms with Gasteiger partial charge in [0, 0.05) is 35.2 Å². The summed E-state index contributed by atoms with van der Waals surface area (Å²) in [5.41, 5.74) is -2.89. The first-order valence-corrected chi connectivity index (χ1v) is 12.0. The van der Waals surface area contributed by atoms with E-state index in [1.165, 1.54) is 12.3 Å². The van der Waals surface area contributed by atoms with E-state index in [1.54, 1.807) is 24.5 Å². The molecule has 3 saturated carbocycles. The largest absolute Gasteiger partial charge is 0.355 e. The van der Waals surface area contributed by atoms with Crippen LogP contribution in [-0.4, -0.2) is 40.1 Å². The molecule has 0 radical (unpaired) electrons. The van der Waals surface area contributed by atoms with Gasteiger partial charge in [0.05, 0.1) is 13.1 Å². The molecule has 0 atom stereocenters. The molecule has 0 unspecified atom stereocenters. The predicted octanol–water partition coefficient (Wildman–Crippen LogP) is 1.60. The lowest BCUT2D eigenvalue weighted by Gasteiger charge is -2.70. The Kier molecular flexibility index (Phi) is 5.62. The van der Waals surface area contributed by atoms with Gasteiger partial charge in [-0.05, 0) is 49.1 Å². The summed E-state index contributed by atoms with van der Waals surface area (Å²) in [6.45, 7) is -0.784. The first-order valence-electron chi connectivity index (χ1n) is 12.0. The fraction of sp³-hybridized carbons (Fsp3) is 0.280. The van der Waals surface area contributed by atoms with Gasteiger partial charge in [-0.3, -0.25) is 9.36 Å². The Morgan fingerprint density at radius 2 is 1.56 bits per heavy atom. The van der Waals surface area contributed by atoms with Gasteiger partial charge in [-0.25, -0.2) is 37.3 Å². The van der Waals surface area contributed by atoms with Gasteiger partial charge in [0.15, 0.2) is 17.5 Å². The number of anilines is 2. The Morgan fingerprint density at radius 3 is 2.23 bits per heavy atom. The third kappa shape index (κ3) is 4.36. The summed E-state index contributed by atoms with van der Waals surface area (Å²) in [6, 6.07) is 6.24. The molecule has 39 heavy (non-hydrogen) atoms. The fourth-order valence-corrected chi connectivity index (χ4v) is 5.43. The second kappa shape index (κ2) is 8.92. The molecule has 0 amide bonds. The second-order valence-corrected chi connectivity index (χ2v) is 9.98. The number of pyridine rings is 1. The van der Waals surface area contributed by atoms with E-state index in [1.807, 2.05) is 0 Å². The molecule has 2 bridgehead atoms. The normalized spacial score (nSPS) is 21.1. The average molecular weight is 538 g/mol. The van der Waals surface area contributed by atoms with E-state index in [-0.39, 0.29) is 29.2 Å². The van der Waals surface area contributed by atoms with E-state index < -0.39 is 46.5 Å². The molecule has 7 rings (SSSR count). The zero-order valence-corrected chi connectivity index (χ0v) is 20.2. The molecule has 3 fully saturated rings. The van der Waals surface area contributed by atoms with E-state index in [2.05, 4.69) is 30.6 Å². The molecule has 3 heterocycles. The standard InChI is InChI=1S/C25H21F3N8O3/c26-16-7-14(8-17(27)18(16)28)9-35-21(32-22(38)36(23(35)39)10-15-3-1-4-29-19(15)37)34-25-11-24(12-25,13-25)33-20-30-5-2-6-31-20/h1-8H,9-13H2,(H,29,37)(H,30,31,33)(H,32,34,38). The molecule has 3 aliphatic carbocycles. The summed E-state index contributed by atoms with van der Waals surface area (Å²) in [6.07, 6.45) is 6.52. The number of hydrogen-bond acceptors (Lipinski definition) is 8. The van der Waals surface area contributed by atoms with Crippen molar-refractivity contribution >= 4 is 11.9 Å². The molecular formula is C25H21F3N8O3. The van der Waals surface area contributed by atoms with Crippen LogP contribution in [0.1, 0.15) is 30.4 Å². The zero-order valence-electron chi connectivity index (χ0n) is 20.2. The molecule has 0 saturated heterocycles. The van der Waals surface area contributed by atoms with Crippen molar-refractivity contribution in [2.24, 2.45) is 0 Å². The van der Waals surface area contributed by atoms with Crippen LogP contribution >= 0.6 is 0 Å². The van der Waals surface area contributed by atoms with Crippen molar-refractivity contribution in [2.75, 3.05) is 10.6 Å². The average Bonchev–Trinajstić information content (AvgIpc) is 2.87. The van der Waals surface area contributed by atoms with Crippen molar-refractivity contribution in [1.29, 1.82) is 0 Å². The predicted molar refractivity (Wildman–Crippen MR) is 133 cm³/mol. The lowest BCUT2D eigenvalue weighted by molar-refractivity contribution is -0.0155. The van der Waals surface area contributed by atoms with E-state index in [0.717, 1.165) is 21.3 Å². The maximum absolute atomic E-state index is 13.9. The molecule has 200 valence electrons. The molecule has 11 nitrogen and oxygen atoms in total.